The molecule has 0 aliphatic rings. The first kappa shape index (κ1) is 12.6. The fraction of sp³-hybridized carbons (Fsp3) is 0.118. The molecule has 1 heterocycles. The van der Waals surface area contributed by atoms with Gasteiger partial charge >= 0.3 is 0 Å². The van der Waals surface area contributed by atoms with Crippen molar-refractivity contribution < 1.29 is 4.74 Å². The molecule has 0 unspecified atom stereocenters. The zero-order valence-corrected chi connectivity index (χ0v) is 11.3. The van der Waals surface area contributed by atoms with Crippen LogP contribution >= 0.6 is 0 Å². The molecular formula is C17H16N2O. The van der Waals surface area contributed by atoms with Gasteiger partial charge < -0.3 is 10.1 Å². The van der Waals surface area contributed by atoms with Crippen LogP contribution in [0.3, 0.4) is 0 Å². The minimum Gasteiger partial charge on any atom is -0.456 e. The Morgan fingerprint density at radius 2 is 1.85 bits per heavy atom. The van der Waals surface area contributed by atoms with Gasteiger partial charge in [0.2, 0.25) is 0 Å². The molecule has 0 spiro atoms. The second kappa shape index (κ2) is 5.72. The van der Waals surface area contributed by atoms with Crippen LogP contribution in [0, 0.1) is 0 Å². The predicted molar refractivity (Wildman–Crippen MR) is 81.0 cm³/mol. The first-order chi connectivity index (χ1) is 9.88. The summed E-state index contributed by atoms with van der Waals surface area (Å²) in [5.41, 5.74) is 1.04. The molecule has 100 valence electrons. The van der Waals surface area contributed by atoms with Crippen molar-refractivity contribution >= 4 is 10.8 Å². The van der Waals surface area contributed by atoms with E-state index in [9.17, 15) is 0 Å². The van der Waals surface area contributed by atoms with E-state index in [1.807, 2.05) is 43.6 Å². The van der Waals surface area contributed by atoms with E-state index in [2.05, 4.69) is 28.5 Å². The van der Waals surface area contributed by atoms with E-state index < -0.39 is 0 Å². The summed E-state index contributed by atoms with van der Waals surface area (Å²) in [6.07, 6.45) is 3.58. The fourth-order valence-corrected chi connectivity index (χ4v) is 2.24. The molecule has 3 nitrogen and oxygen atoms in total. The van der Waals surface area contributed by atoms with Gasteiger partial charge in [0, 0.05) is 29.9 Å². The maximum Gasteiger partial charge on any atom is 0.135 e. The quantitative estimate of drug-likeness (QED) is 0.779. The van der Waals surface area contributed by atoms with E-state index in [0.717, 1.165) is 29.0 Å². The Bertz CT molecular complexity index is 720. The Morgan fingerprint density at radius 3 is 2.75 bits per heavy atom. The number of aromatic nitrogens is 1. The van der Waals surface area contributed by atoms with Crippen molar-refractivity contribution in [3.63, 3.8) is 0 Å². The van der Waals surface area contributed by atoms with Crippen molar-refractivity contribution in [2.75, 3.05) is 7.05 Å². The van der Waals surface area contributed by atoms with Crippen LogP contribution in [0.25, 0.3) is 10.8 Å². The van der Waals surface area contributed by atoms with Crippen LogP contribution in [0.5, 0.6) is 11.5 Å². The third-order valence-electron chi connectivity index (χ3n) is 3.20. The molecule has 1 aromatic heterocycles. The molecule has 0 bridgehead atoms. The van der Waals surface area contributed by atoms with Gasteiger partial charge in [0.25, 0.3) is 0 Å². The number of fused-ring (bicyclic) bond motifs is 1. The molecule has 0 amide bonds. The van der Waals surface area contributed by atoms with E-state index in [1.54, 1.807) is 6.20 Å². The predicted octanol–water partition coefficient (Wildman–Crippen LogP) is 3.75. The van der Waals surface area contributed by atoms with Crippen LogP contribution in [-0.4, -0.2) is 12.0 Å². The second-order valence-electron chi connectivity index (χ2n) is 4.59. The van der Waals surface area contributed by atoms with Crippen LogP contribution in [0.4, 0.5) is 0 Å². The summed E-state index contributed by atoms with van der Waals surface area (Å²) in [6, 6.07) is 16.2. The lowest BCUT2D eigenvalue weighted by Gasteiger charge is -2.12. The van der Waals surface area contributed by atoms with Gasteiger partial charge in [-0.1, -0.05) is 36.4 Å². The van der Waals surface area contributed by atoms with Crippen LogP contribution in [0.1, 0.15) is 5.56 Å². The number of nitrogens with zero attached hydrogens (tertiary/aromatic N) is 1. The Hall–Kier alpha value is -2.39. The van der Waals surface area contributed by atoms with Crippen molar-refractivity contribution in [2.24, 2.45) is 0 Å². The average Bonchev–Trinajstić information content (AvgIpc) is 2.50. The van der Waals surface area contributed by atoms with Gasteiger partial charge in [-0.2, -0.15) is 0 Å². The number of rotatable bonds is 4. The fourth-order valence-electron chi connectivity index (χ4n) is 2.24. The van der Waals surface area contributed by atoms with Gasteiger partial charge in [-0.25, -0.2) is 0 Å². The molecule has 1 N–H and O–H groups in total. The van der Waals surface area contributed by atoms with E-state index in [0.29, 0.717) is 0 Å². The minimum atomic E-state index is 0.730. The van der Waals surface area contributed by atoms with Gasteiger partial charge in [-0.3, -0.25) is 4.98 Å². The number of benzene rings is 2. The summed E-state index contributed by atoms with van der Waals surface area (Å²) in [4.78, 5) is 4.15. The van der Waals surface area contributed by atoms with E-state index in [1.165, 1.54) is 5.39 Å². The largest absolute Gasteiger partial charge is 0.456 e. The van der Waals surface area contributed by atoms with E-state index in [4.69, 9.17) is 4.74 Å². The second-order valence-corrected chi connectivity index (χ2v) is 4.59. The highest BCUT2D eigenvalue weighted by Crippen LogP contribution is 2.31. The molecular weight excluding hydrogens is 248 g/mol. The molecule has 0 radical (unpaired) electrons. The van der Waals surface area contributed by atoms with Crippen molar-refractivity contribution in [2.45, 2.75) is 6.54 Å². The first-order valence-electron chi connectivity index (χ1n) is 6.61. The molecule has 0 saturated carbocycles. The van der Waals surface area contributed by atoms with E-state index in [-0.39, 0.29) is 0 Å². The van der Waals surface area contributed by atoms with Crippen molar-refractivity contribution in [1.29, 1.82) is 0 Å². The molecule has 0 aliphatic carbocycles. The average molecular weight is 264 g/mol. The van der Waals surface area contributed by atoms with Gasteiger partial charge in [0.05, 0.1) is 0 Å². The summed E-state index contributed by atoms with van der Waals surface area (Å²) in [6.45, 7) is 0.730. The third-order valence-corrected chi connectivity index (χ3v) is 3.20. The summed E-state index contributed by atoms with van der Waals surface area (Å²) < 4.78 is 6.10. The normalized spacial score (nSPS) is 10.7. The topological polar surface area (TPSA) is 34.2 Å². The molecule has 2 aromatic carbocycles. The highest BCUT2D eigenvalue weighted by Gasteiger charge is 2.06. The number of nitrogens with one attached hydrogen (secondary N) is 1. The maximum atomic E-state index is 6.10. The zero-order valence-electron chi connectivity index (χ0n) is 11.3. The van der Waals surface area contributed by atoms with Crippen LogP contribution in [0.15, 0.2) is 60.9 Å². The minimum absolute atomic E-state index is 0.730. The number of pyridine rings is 1. The zero-order chi connectivity index (χ0) is 13.8. The monoisotopic (exact) mass is 264 g/mol. The van der Waals surface area contributed by atoms with Crippen LogP contribution in [0.2, 0.25) is 0 Å². The smallest absolute Gasteiger partial charge is 0.135 e. The Balaban J connectivity index is 2.01. The number of ether oxygens (including phenoxy) is 1. The highest BCUT2D eigenvalue weighted by molar-refractivity contribution is 5.88. The van der Waals surface area contributed by atoms with Gasteiger partial charge in [0.15, 0.2) is 0 Å². The first-order valence-corrected chi connectivity index (χ1v) is 6.61. The molecule has 0 fully saturated rings. The van der Waals surface area contributed by atoms with Crippen LogP contribution < -0.4 is 10.1 Å². The Labute approximate surface area is 118 Å². The highest BCUT2D eigenvalue weighted by atomic mass is 16.5. The third kappa shape index (κ3) is 2.49. The molecule has 3 aromatic rings. The molecule has 0 saturated heterocycles. The van der Waals surface area contributed by atoms with E-state index >= 15 is 0 Å². The van der Waals surface area contributed by atoms with Gasteiger partial charge in [-0.15, -0.1) is 0 Å². The van der Waals surface area contributed by atoms with Crippen molar-refractivity contribution in [3.05, 3.63) is 66.5 Å². The standard InChI is InChI=1S/C17H16N2O/c1-18-11-14-12-19-10-9-16(14)20-17-8-4-6-13-5-2-3-7-15(13)17/h2-10,12,18H,11H2,1H3. The molecule has 0 aliphatic heterocycles. The summed E-state index contributed by atoms with van der Waals surface area (Å²) in [5.74, 6) is 1.71. The summed E-state index contributed by atoms with van der Waals surface area (Å²) in [5, 5.41) is 5.42. The van der Waals surface area contributed by atoms with Crippen molar-refractivity contribution in [1.82, 2.24) is 10.3 Å². The maximum absolute atomic E-state index is 6.10. The Kier molecular flexibility index (Phi) is 3.61. The molecule has 3 rings (SSSR count). The summed E-state index contributed by atoms with van der Waals surface area (Å²) >= 11 is 0. The van der Waals surface area contributed by atoms with Gasteiger partial charge in [0.1, 0.15) is 11.5 Å². The lowest BCUT2D eigenvalue weighted by molar-refractivity contribution is 0.478. The number of hydrogen-bond donors (Lipinski definition) is 1. The molecule has 20 heavy (non-hydrogen) atoms. The van der Waals surface area contributed by atoms with Crippen molar-refractivity contribution in [3.8, 4) is 11.5 Å². The lowest BCUT2D eigenvalue weighted by atomic mass is 10.1. The Morgan fingerprint density at radius 1 is 1.00 bits per heavy atom. The molecule has 3 heteroatoms. The summed E-state index contributed by atoms with van der Waals surface area (Å²) in [7, 11) is 1.91. The lowest BCUT2D eigenvalue weighted by Crippen LogP contribution is -2.06. The van der Waals surface area contributed by atoms with Crippen LogP contribution in [-0.2, 0) is 6.54 Å². The van der Waals surface area contributed by atoms with Gasteiger partial charge in [-0.05, 0) is 24.6 Å². The SMILES string of the molecule is CNCc1cnccc1Oc1cccc2ccccc12. The number of hydrogen-bond acceptors (Lipinski definition) is 3. The molecule has 0 atom stereocenters.